The predicted octanol–water partition coefficient (Wildman–Crippen LogP) is 5.17. The zero-order valence-electron chi connectivity index (χ0n) is 12.9. The molecule has 0 aromatic heterocycles. The Kier molecular flexibility index (Phi) is 5.14. The van der Waals surface area contributed by atoms with E-state index in [1.54, 1.807) is 36.4 Å². The molecule has 0 aliphatic rings. The fraction of sp³-hybridized carbons (Fsp3) is 0.0500. The third-order valence-corrected chi connectivity index (χ3v) is 3.72. The van der Waals surface area contributed by atoms with Crippen molar-refractivity contribution >= 4 is 23.2 Å². The van der Waals surface area contributed by atoms with Crippen molar-refractivity contribution in [2.75, 3.05) is 5.32 Å². The first kappa shape index (κ1) is 16.1. The van der Waals surface area contributed by atoms with Gasteiger partial charge in [0.1, 0.15) is 12.4 Å². The van der Waals surface area contributed by atoms with Crippen LogP contribution < -0.4 is 10.1 Å². The summed E-state index contributed by atoms with van der Waals surface area (Å²) in [6.07, 6.45) is 0. The minimum absolute atomic E-state index is 0.159. The van der Waals surface area contributed by atoms with E-state index >= 15 is 0 Å². The minimum Gasteiger partial charge on any atom is -0.489 e. The summed E-state index contributed by atoms with van der Waals surface area (Å²) < 4.78 is 5.69. The van der Waals surface area contributed by atoms with Crippen LogP contribution in [0.3, 0.4) is 0 Å². The van der Waals surface area contributed by atoms with Gasteiger partial charge in [-0.15, -0.1) is 0 Å². The SMILES string of the molecule is O=C(Nc1ccc(Cl)cc1)c1ccc(COc2ccccc2)cc1. The standard InChI is InChI=1S/C20H16ClNO2/c21-17-10-12-18(13-11-17)22-20(23)16-8-6-15(7-9-16)14-24-19-4-2-1-3-5-19/h1-13H,14H2,(H,22,23). The number of rotatable bonds is 5. The molecule has 3 nitrogen and oxygen atoms in total. The third-order valence-electron chi connectivity index (χ3n) is 3.47. The maximum absolute atomic E-state index is 12.2. The molecule has 4 heteroatoms. The van der Waals surface area contributed by atoms with Crippen molar-refractivity contribution in [1.82, 2.24) is 0 Å². The lowest BCUT2D eigenvalue weighted by Gasteiger charge is -2.08. The predicted molar refractivity (Wildman–Crippen MR) is 96.6 cm³/mol. The lowest BCUT2D eigenvalue weighted by Crippen LogP contribution is -2.11. The normalized spacial score (nSPS) is 10.2. The molecule has 3 aromatic carbocycles. The molecular weight excluding hydrogens is 322 g/mol. The molecule has 0 fully saturated rings. The maximum atomic E-state index is 12.2. The van der Waals surface area contributed by atoms with Crippen molar-refractivity contribution in [2.24, 2.45) is 0 Å². The molecule has 1 amide bonds. The van der Waals surface area contributed by atoms with Crippen LogP contribution >= 0.6 is 11.6 Å². The molecule has 0 atom stereocenters. The molecule has 120 valence electrons. The van der Waals surface area contributed by atoms with Crippen LogP contribution in [-0.2, 0) is 6.61 Å². The Morgan fingerprint density at radius 1 is 0.875 bits per heavy atom. The quantitative estimate of drug-likeness (QED) is 0.697. The lowest BCUT2D eigenvalue weighted by atomic mass is 10.1. The molecule has 0 saturated heterocycles. The first-order valence-electron chi connectivity index (χ1n) is 7.54. The van der Waals surface area contributed by atoms with Gasteiger partial charge in [0, 0.05) is 16.3 Å². The average molecular weight is 338 g/mol. The van der Waals surface area contributed by atoms with E-state index in [1.165, 1.54) is 0 Å². The van der Waals surface area contributed by atoms with Gasteiger partial charge in [0.25, 0.3) is 5.91 Å². The molecule has 0 heterocycles. The second-order valence-electron chi connectivity index (χ2n) is 5.26. The van der Waals surface area contributed by atoms with Gasteiger partial charge in [0.05, 0.1) is 0 Å². The number of anilines is 1. The topological polar surface area (TPSA) is 38.3 Å². The number of ether oxygens (including phenoxy) is 1. The number of carbonyl (C=O) groups excluding carboxylic acids is 1. The Labute approximate surface area is 145 Å². The van der Waals surface area contributed by atoms with Crippen molar-refractivity contribution < 1.29 is 9.53 Å². The maximum Gasteiger partial charge on any atom is 0.255 e. The fourth-order valence-corrected chi connectivity index (χ4v) is 2.30. The number of hydrogen-bond acceptors (Lipinski definition) is 2. The molecule has 0 spiro atoms. The molecule has 3 rings (SSSR count). The van der Waals surface area contributed by atoms with Crippen LogP contribution in [0.4, 0.5) is 5.69 Å². The number of nitrogens with one attached hydrogen (secondary N) is 1. The van der Waals surface area contributed by atoms with Gasteiger partial charge in [0.2, 0.25) is 0 Å². The van der Waals surface area contributed by atoms with Crippen molar-refractivity contribution in [3.8, 4) is 5.75 Å². The Balaban J connectivity index is 1.59. The molecule has 0 unspecified atom stereocenters. The highest BCUT2D eigenvalue weighted by molar-refractivity contribution is 6.30. The third kappa shape index (κ3) is 4.37. The molecule has 3 aromatic rings. The number of carbonyl (C=O) groups is 1. The molecule has 0 aliphatic carbocycles. The zero-order valence-corrected chi connectivity index (χ0v) is 13.7. The fourth-order valence-electron chi connectivity index (χ4n) is 2.17. The summed E-state index contributed by atoms with van der Waals surface area (Å²) in [5, 5.41) is 3.47. The molecule has 0 bridgehead atoms. The Hall–Kier alpha value is -2.78. The lowest BCUT2D eigenvalue weighted by molar-refractivity contribution is 0.102. The summed E-state index contributed by atoms with van der Waals surface area (Å²) >= 11 is 5.83. The molecule has 0 saturated carbocycles. The number of amides is 1. The highest BCUT2D eigenvalue weighted by Crippen LogP contribution is 2.16. The Morgan fingerprint density at radius 2 is 1.54 bits per heavy atom. The van der Waals surface area contributed by atoms with Gasteiger partial charge >= 0.3 is 0 Å². The second kappa shape index (κ2) is 7.66. The van der Waals surface area contributed by atoms with E-state index in [-0.39, 0.29) is 5.91 Å². The number of para-hydroxylation sites is 1. The summed E-state index contributed by atoms with van der Waals surface area (Å²) in [5.74, 6) is 0.662. The molecule has 0 radical (unpaired) electrons. The summed E-state index contributed by atoms with van der Waals surface area (Å²) in [6.45, 7) is 0.461. The van der Waals surface area contributed by atoms with Crippen LogP contribution in [0.15, 0.2) is 78.9 Å². The van der Waals surface area contributed by atoms with Gasteiger partial charge in [-0.2, -0.15) is 0 Å². The van der Waals surface area contributed by atoms with Gasteiger partial charge in [-0.25, -0.2) is 0 Å². The van der Waals surface area contributed by atoms with Crippen LogP contribution in [0.1, 0.15) is 15.9 Å². The van der Waals surface area contributed by atoms with Gasteiger partial charge in [0.15, 0.2) is 0 Å². The second-order valence-corrected chi connectivity index (χ2v) is 5.70. The number of benzene rings is 3. The van der Waals surface area contributed by atoms with E-state index in [2.05, 4.69) is 5.32 Å². The van der Waals surface area contributed by atoms with E-state index < -0.39 is 0 Å². The minimum atomic E-state index is -0.159. The van der Waals surface area contributed by atoms with E-state index in [0.29, 0.717) is 22.9 Å². The van der Waals surface area contributed by atoms with E-state index in [4.69, 9.17) is 16.3 Å². The number of halogens is 1. The van der Waals surface area contributed by atoms with Gasteiger partial charge in [-0.3, -0.25) is 4.79 Å². The monoisotopic (exact) mass is 337 g/mol. The number of hydrogen-bond donors (Lipinski definition) is 1. The summed E-state index contributed by atoms with van der Waals surface area (Å²) in [4.78, 5) is 12.2. The average Bonchev–Trinajstić information content (AvgIpc) is 2.63. The van der Waals surface area contributed by atoms with Gasteiger partial charge < -0.3 is 10.1 Å². The van der Waals surface area contributed by atoms with Crippen molar-refractivity contribution in [2.45, 2.75) is 6.61 Å². The first-order valence-corrected chi connectivity index (χ1v) is 7.92. The first-order chi connectivity index (χ1) is 11.7. The van der Waals surface area contributed by atoms with Crippen LogP contribution in [-0.4, -0.2) is 5.91 Å². The zero-order chi connectivity index (χ0) is 16.8. The van der Waals surface area contributed by atoms with Crippen LogP contribution in [0, 0.1) is 0 Å². The van der Waals surface area contributed by atoms with Crippen molar-refractivity contribution in [3.05, 3.63) is 95.0 Å². The smallest absolute Gasteiger partial charge is 0.255 e. The Bertz CT molecular complexity index is 799. The van der Waals surface area contributed by atoms with E-state index in [1.807, 2.05) is 42.5 Å². The highest BCUT2D eigenvalue weighted by Gasteiger charge is 2.06. The Morgan fingerprint density at radius 3 is 2.21 bits per heavy atom. The van der Waals surface area contributed by atoms with Crippen LogP contribution in [0.25, 0.3) is 0 Å². The molecule has 1 N–H and O–H groups in total. The van der Waals surface area contributed by atoms with Crippen LogP contribution in [0.5, 0.6) is 5.75 Å². The summed E-state index contributed by atoms with van der Waals surface area (Å²) in [7, 11) is 0. The van der Waals surface area contributed by atoms with Gasteiger partial charge in [-0.1, -0.05) is 41.9 Å². The van der Waals surface area contributed by atoms with Crippen molar-refractivity contribution in [1.29, 1.82) is 0 Å². The largest absolute Gasteiger partial charge is 0.489 e. The highest BCUT2D eigenvalue weighted by atomic mass is 35.5. The summed E-state index contributed by atoms with van der Waals surface area (Å²) in [5.41, 5.74) is 2.30. The van der Waals surface area contributed by atoms with Gasteiger partial charge in [-0.05, 0) is 54.1 Å². The molecular formula is C20H16ClNO2. The molecule has 24 heavy (non-hydrogen) atoms. The van der Waals surface area contributed by atoms with Crippen LogP contribution in [0.2, 0.25) is 5.02 Å². The van der Waals surface area contributed by atoms with Crippen molar-refractivity contribution in [3.63, 3.8) is 0 Å². The molecule has 0 aliphatic heterocycles. The van der Waals surface area contributed by atoms with E-state index in [0.717, 1.165) is 11.3 Å². The van der Waals surface area contributed by atoms with E-state index in [9.17, 15) is 4.79 Å². The summed E-state index contributed by atoms with van der Waals surface area (Å²) in [6, 6.07) is 24.0.